The molecule has 0 amide bonds. The Kier molecular flexibility index (Phi) is 4.87. The van der Waals surface area contributed by atoms with Crippen LogP contribution in [0.15, 0.2) is 18.2 Å². The molecule has 78 valence electrons. The molecule has 0 spiro atoms. The van der Waals surface area contributed by atoms with Crippen LogP contribution in [0.5, 0.6) is 0 Å². The summed E-state index contributed by atoms with van der Waals surface area (Å²) in [5, 5.41) is 0.401. The van der Waals surface area contributed by atoms with Gasteiger partial charge in [0, 0.05) is 11.6 Å². The second-order valence-electron chi connectivity index (χ2n) is 2.93. The van der Waals surface area contributed by atoms with Gasteiger partial charge in [-0.1, -0.05) is 17.7 Å². The van der Waals surface area contributed by atoms with E-state index in [9.17, 15) is 4.39 Å². The molecule has 0 aliphatic rings. The summed E-state index contributed by atoms with van der Waals surface area (Å²) in [6, 6.07) is 4.27. The zero-order valence-corrected chi connectivity index (χ0v) is 8.56. The van der Waals surface area contributed by atoms with E-state index in [-0.39, 0.29) is 5.82 Å². The second-order valence-corrected chi connectivity index (χ2v) is 3.34. The predicted octanol–water partition coefficient (Wildman–Crippen LogP) is 2.34. The summed E-state index contributed by atoms with van der Waals surface area (Å²) < 4.78 is 17.9. The largest absolute Gasteiger partial charge is 0.377 e. The van der Waals surface area contributed by atoms with Gasteiger partial charge < -0.3 is 10.5 Å². The minimum absolute atomic E-state index is 0.333. The first-order valence-electron chi connectivity index (χ1n) is 4.46. The van der Waals surface area contributed by atoms with Crippen molar-refractivity contribution in [2.45, 2.75) is 13.0 Å². The van der Waals surface area contributed by atoms with Gasteiger partial charge in [0.25, 0.3) is 0 Å². The first-order valence-corrected chi connectivity index (χ1v) is 4.83. The minimum Gasteiger partial charge on any atom is -0.377 e. The SMILES string of the molecule is NCCCOCc1ccc(F)cc1Cl. The predicted molar refractivity (Wildman–Crippen MR) is 54.7 cm³/mol. The van der Waals surface area contributed by atoms with E-state index in [1.807, 2.05) is 0 Å². The highest BCUT2D eigenvalue weighted by Gasteiger charge is 2.01. The molecule has 1 rings (SSSR count). The molecule has 0 saturated carbocycles. The van der Waals surface area contributed by atoms with Crippen molar-refractivity contribution in [2.24, 2.45) is 5.73 Å². The molecule has 0 heterocycles. The summed E-state index contributed by atoms with van der Waals surface area (Å²) in [7, 11) is 0. The number of hydrogen-bond donors (Lipinski definition) is 1. The molecule has 0 radical (unpaired) electrons. The summed E-state index contributed by atoms with van der Waals surface area (Å²) in [6.45, 7) is 1.61. The Morgan fingerprint density at radius 2 is 2.21 bits per heavy atom. The average Bonchev–Trinajstić information content (AvgIpc) is 2.15. The standard InChI is InChI=1S/C10H13ClFNO/c11-10-6-9(12)3-2-8(10)7-14-5-1-4-13/h2-3,6H,1,4-5,7,13H2. The topological polar surface area (TPSA) is 35.2 Å². The fourth-order valence-electron chi connectivity index (χ4n) is 1.01. The molecule has 0 saturated heterocycles. The average molecular weight is 218 g/mol. The molecule has 0 aromatic heterocycles. The van der Waals surface area contributed by atoms with E-state index >= 15 is 0 Å². The number of hydrogen-bond acceptors (Lipinski definition) is 2. The molecule has 1 aromatic rings. The molecule has 1 aromatic carbocycles. The van der Waals surface area contributed by atoms with E-state index in [4.69, 9.17) is 22.1 Å². The van der Waals surface area contributed by atoms with Crippen LogP contribution in [0, 0.1) is 5.82 Å². The second kappa shape index (κ2) is 5.96. The Morgan fingerprint density at radius 3 is 2.86 bits per heavy atom. The normalized spacial score (nSPS) is 10.5. The van der Waals surface area contributed by atoms with Crippen LogP contribution in [0.2, 0.25) is 5.02 Å². The van der Waals surface area contributed by atoms with Crippen molar-refractivity contribution >= 4 is 11.6 Å². The number of halogens is 2. The minimum atomic E-state index is -0.333. The Balaban J connectivity index is 2.42. The Morgan fingerprint density at radius 1 is 1.43 bits per heavy atom. The molecule has 4 heteroatoms. The maximum absolute atomic E-state index is 12.6. The van der Waals surface area contributed by atoms with Crippen molar-refractivity contribution in [3.8, 4) is 0 Å². The number of rotatable bonds is 5. The molecule has 14 heavy (non-hydrogen) atoms. The van der Waals surface area contributed by atoms with E-state index < -0.39 is 0 Å². The van der Waals surface area contributed by atoms with Crippen molar-refractivity contribution in [3.63, 3.8) is 0 Å². The summed E-state index contributed by atoms with van der Waals surface area (Å²) >= 11 is 5.80. The van der Waals surface area contributed by atoms with Gasteiger partial charge in [-0.3, -0.25) is 0 Å². The van der Waals surface area contributed by atoms with Crippen LogP contribution in [-0.4, -0.2) is 13.2 Å². The van der Waals surface area contributed by atoms with Crippen LogP contribution >= 0.6 is 11.6 Å². The van der Waals surface area contributed by atoms with Crippen molar-refractivity contribution in [2.75, 3.05) is 13.2 Å². The van der Waals surface area contributed by atoms with Gasteiger partial charge >= 0.3 is 0 Å². The first kappa shape index (κ1) is 11.4. The van der Waals surface area contributed by atoms with Crippen molar-refractivity contribution in [3.05, 3.63) is 34.6 Å². The van der Waals surface area contributed by atoms with Crippen LogP contribution in [-0.2, 0) is 11.3 Å². The Bertz CT molecular complexity index is 293. The number of nitrogens with two attached hydrogens (primary N) is 1. The van der Waals surface area contributed by atoms with Gasteiger partial charge in [0.2, 0.25) is 0 Å². The monoisotopic (exact) mass is 217 g/mol. The highest BCUT2D eigenvalue weighted by Crippen LogP contribution is 2.17. The first-order chi connectivity index (χ1) is 6.74. The van der Waals surface area contributed by atoms with Gasteiger partial charge in [-0.25, -0.2) is 4.39 Å². The molecular formula is C10H13ClFNO. The summed E-state index contributed by atoms with van der Waals surface area (Å²) in [4.78, 5) is 0. The maximum atomic E-state index is 12.6. The zero-order chi connectivity index (χ0) is 10.4. The third-order valence-electron chi connectivity index (χ3n) is 1.77. The zero-order valence-electron chi connectivity index (χ0n) is 7.80. The third-order valence-corrected chi connectivity index (χ3v) is 2.12. The molecule has 0 atom stereocenters. The quantitative estimate of drug-likeness (QED) is 0.769. The van der Waals surface area contributed by atoms with E-state index in [0.717, 1.165) is 12.0 Å². The number of ether oxygens (including phenoxy) is 1. The smallest absolute Gasteiger partial charge is 0.124 e. The van der Waals surface area contributed by atoms with Crippen LogP contribution < -0.4 is 5.73 Å². The fraction of sp³-hybridized carbons (Fsp3) is 0.400. The summed E-state index contributed by atoms with van der Waals surface area (Å²) in [6.07, 6.45) is 0.818. The van der Waals surface area contributed by atoms with Crippen LogP contribution in [0.25, 0.3) is 0 Å². The van der Waals surface area contributed by atoms with Crippen molar-refractivity contribution < 1.29 is 9.13 Å². The molecular weight excluding hydrogens is 205 g/mol. The Labute approximate surface area is 87.8 Å². The maximum Gasteiger partial charge on any atom is 0.124 e. The molecule has 0 aliphatic heterocycles. The van der Waals surface area contributed by atoms with Crippen molar-refractivity contribution in [1.29, 1.82) is 0 Å². The van der Waals surface area contributed by atoms with E-state index in [1.165, 1.54) is 12.1 Å². The van der Waals surface area contributed by atoms with Gasteiger partial charge in [0.05, 0.1) is 6.61 Å². The van der Waals surface area contributed by atoms with Crippen LogP contribution in [0.1, 0.15) is 12.0 Å². The Hall–Kier alpha value is -0.640. The highest BCUT2D eigenvalue weighted by molar-refractivity contribution is 6.31. The van der Waals surface area contributed by atoms with E-state index in [0.29, 0.717) is 24.8 Å². The molecule has 0 fully saturated rings. The van der Waals surface area contributed by atoms with Gasteiger partial charge in [-0.2, -0.15) is 0 Å². The van der Waals surface area contributed by atoms with Gasteiger partial charge in [0.1, 0.15) is 5.82 Å². The fourth-order valence-corrected chi connectivity index (χ4v) is 1.23. The molecule has 0 unspecified atom stereocenters. The van der Waals surface area contributed by atoms with Crippen molar-refractivity contribution in [1.82, 2.24) is 0 Å². The highest BCUT2D eigenvalue weighted by atomic mass is 35.5. The summed E-state index contributed by atoms with van der Waals surface area (Å²) in [5.41, 5.74) is 6.10. The molecule has 0 aliphatic carbocycles. The van der Waals surface area contributed by atoms with Crippen LogP contribution in [0.3, 0.4) is 0 Å². The van der Waals surface area contributed by atoms with Gasteiger partial charge in [0.15, 0.2) is 0 Å². The third kappa shape index (κ3) is 3.62. The van der Waals surface area contributed by atoms with Crippen LogP contribution in [0.4, 0.5) is 4.39 Å². The lowest BCUT2D eigenvalue weighted by Gasteiger charge is -2.05. The lowest BCUT2D eigenvalue weighted by molar-refractivity contribution is 0.120. The van der Waals surface area contributed by atoms with Gasteiger partial charge in [-0.05, 0) is 30.7 Å². The molecule has 2 N–H and O–H groups in total. The van der Waals surface area contributed by atoms with E-state index in [1.54, 1.807) is 6.07 Å². The lowest BCUT2D eigenvalue weighted by Crippen LogP contribution is -2.04. The molecule has 2 nitrogen and oxygen atoms in total. The van der Waals surface area contributed by atoms with E-state index in [2.05, 4.69) is 0 Å². The summed E-state index contributed by atoms with van der Waals surface area (Å²) in [5.74, 6) is -0.333. The lowest BCUT2D eigenvalue weighted by atomic mass is 10.2. The van der Waals surface area contributed by atoms with Gasteiger partial charge in [-0.15, -0.1) is 0 Å². The molecule has 0 bridgehead atoms. The number of benzene rings is 1.